The van der Waals surface area contributed by atoms with E-state index in [0.29, 0.717) is 32.3 Å². The molecule has 0 spiro atoms. The van der Waals surface area contributed by atoms with Gasteiger partial charge in [0.25, 0.3) is 0 Å². The molecule has 0 aromatic heterocycles. The molecule has 116 valence electrons. The van der Waals surface area contributed by atoms with Gasteiger partial charge in [-0.3, -0.25) is 4.79 Å². The number of benzene rings is 2. The van der Waals surface area contributed by atoms with Crippen LogP contribution >= 0.6 is 69.6 Å². The van der Waals surface area contributed by atoms with Crippen molar-refractivity contribution < 1.29 is 4.79 Å². The molecule has 0 amide bonds. The molecular weight excluding hydrogens is 409 g/mol. The Hall–Kier alpha value is -0.150. The smallest absolute Gasteiger partial charge is 0.193 e. The first kappa shape index (κ1) is 18.2. The van der Waals surface area contributed by atoms with Crippen LogP contribution in [0.25, 0.3) is 0 Å². The number of rotatable bonds is 4. The second-order valence-corrected chi connectivity index (χ2v) is 7.50. The second-order valence-electron chi connectivity index (χ2n) is 4.43. The zero-order chi connectivity index (χ0) is 16.4. The lowest BCUT2D eigenvalue weighted by Crippen LogP contribution is -2.04. The van der Waals surface area contributed by atoms with E-state index in [0.717, 1.165) is 0 Å². The Morgan fingerprint density at radius 1 is 0.727 bits per heavy atom. The van der Waals surface area contributed by atoms with Gasteiger partial charge in [-0.05, 0) is 35.4 Å². The third-order valence-electron chi connectivity index (χ3n) is 2.94. The highest BCUT2D eigenvalue weighted by atomic mass is 35.5. The highest BCUT2D eigenvalue weighted by Gasteiger charge is 2.19. The van der Waals surface area contributed by atoms with E-state index in [9.17, 15) is 4.79 Å². The molecule has 0 bridgehead atoms. The van der Waals surface area contributed by atoms with Gasteiger partial charge in [0.1, 0.15) is 9.67 Å². The van der Waals surface area contributed by atoms with Crippen LogP contribution in [0.3, 0.4) is 0 Å². The minimum absolute atomic E-state index is 0.258. The maximum Gasteiger partial charge on any atom is 0.193 e. The summed E-state index contributed by atoms with van der Waals surface area (Å²) < 4.78 is 0. The van der Waals surface area contributed by atoms with Crippen LogP contribution in [0.2, 0.25) is 10.0 Å². The Bertz CT molecular complexity index is 691. The Morgan fingerprint density at radius 3 is 1.77 bits per heavy atom. The van der Waals surface area contributed by atoms with Gasteiger partial charge in [0.15, 0.2) is 5.78 Å². The Balaban J connectivity index is 2.48. The van der Waals surface area contributed by atoms with Crippen LogP contribution < -0.4 is 0 Å². The molecule has 0 aliphatic carbocycles. The third-order valence-corrected chi connectivity index (χ3v) is 4.32. The van der Waals surface area contributed by atoms with E-state index in [-0.39, 0.29) is 5.78 Å². The zero-order valence-electron chi connectivity index (χ0n) is 10.8. The van der Waals surface area contributed by atoms with Gasteiger partial charge in [-0.25, -0.2) is 0 Å². The summed E-state index contributed by atoms with van der Waals surface area (Å²) in [6.07, 6.45) is 0. The van der Waals surface area contributed by atoms with E-state index in [1.165, 1.54) is 12.1 Å². The summed E-state index contributed by atoms with van der Waals surface area (Å²) in [4.78, 5) is 10.9. The monoisotopic (exact) mass is 414 g/mol. The second kappa shape index (κ2) is 7.61. The van der Waals surface area contributed by atoms with Crippen molar-refractivity contribution in [1.29, 1.82) is 0 Å². The number of ketones is 1. The van der Waals surface area contributed by atoms with Crippen LogP contribution in [0.4, 0.5) is 0 Å². The van der Waals surface area contributed by atoms with Gasteiger partial charge in [0.2, 0.25) is 0 Å². The van der Waals surface area contributed by atoms with Crippen LogP contribution in [0.15, 0.2) is 36.4 Å². The van der Waals surface area contributed by atoms with E-state index in [4.69, 9.17) is 69.6 Å². The Morgan fingerprint density at radius 2 is 1.27 bits per heavy atom. The molecular formula is C15H8Cl6O. The molecule has 7 heteroatoms. The summed E-state index contributed by atoms with van der Waals surface area (Å²) in [5.74, 6) is -0.258. The summed E-state index contributed by atoms with van der Waals surface area (Å²) in [6, 6.07) is 9.41. The lowest BCUT2D eigenvalue weighted by molar-refractivity contribution is 0.103. The van der Waals surface area contributed by atoms with Crippen molar-refractivity contribution in [1.82, 2.24) is 0 Å². The van der Waals surface area contributed by atoms with Crippen molar-refractivity contribution in [2.75, 3.05) is 0 Å². The van der Waals surface area contributed by atoms with E-state index in [2.05, 4.69) is 0 Å². The first-order valence-corrected chi connectivity index (χ1v) is 8.50. The molecule has 0 aliphatic heterocycles. The Kier molecular flexibility index (Phi) is 6.30. The maximum atomic E-state index is 12.5. The van der Waals surface area contributed by atoms with Crippen LogP contribution in [-0.2, 0) is 0 Å². The van der Waals surface area contributed by atoms with E-state index in [1.807, 2.05) is 0 Å². The van der Waals surface area contributed by atoms with Crippen molar-refractivity contribution in [2.24, 2.45) is 0 Å². The van der Waals surface area contributed by atoms with E-state index in [1.54, 1.807) is 24.3 Å². The summed E-state index contributed by atoms with van der Waals surface area (Å²) in [5, 5.41) is 0.753. The van der Waals surface area contributed by atoms with Crippen molar-refractivity contribution in [3.8, 4) is 0 Å². The first-order chi connectivity index (χ1) is 10.3. The van der Waals surface area contributed by atoms with Crippen molar-refractivity contribution in [3.05, 3.63) is 68.7 Å². The van der Waals surface area contributed by atoms with Gasteiger partial charge >= 0.3 is 0 Å². The molecule has 0 fully saturated rings. The number of alkyl halides is 4. The van der Waals surface area contributed by atoms with Gasteiger partial charge in [0.05, 0.1) is 0 Å². The molecule has 0 aliphatic rings. The zero-order valence-corrected chi connectivity index (χ0v) is 15.3. The molecule has 1 nitrogen and oxygen atoms in total. The largest absolute Gasteiger partial charge is 0.289 e. The van der Waals surface area contributed by atoms with Crippen LogP contribution in [0.1, 0.15) is 36.7 Å². The number of halogens is 6. The summed E-state index contributed by atoms with van der Waals surface area (Å²) >= 11 is 35.4. The van der Waals surface area contributed by atoms with Crippen LogP contribution in [0.5, 0.6) is 0 Å². The molecule has 0 saturated heterocycles. The molecule has 0 saturated carbocycles. The van der Waals surface area contributed by atoms with Crippen LogP contribution in [-0.4, -0.2) is 5.78 Å². The van der Waals surface area contributed by atoms with E-state index >= 15 is 0 Å². The predicted molar refractivity (Wildman–Crippen MR) is 95.2 cm³/mol. The topological polar surface area (TPSA) is 17.1 Å². The molecule has 0 N–H and O–H groups in total. The standard InChI is InChI=1S/C15H8Cl6O/c16-9-3-8(4-10(17)6-9)13(22)7-1-2-11(14(18)19)12(5-7)15(20)21/h1-6,14-15H. The SMILES string of the molecule is O=C(c1cc(Cl)cc(Cl)c1)c1ccc(C(Cl)Cl)c(C(Cl)Cl)c1. The molecule has 0 unspecified atom stereocenters. The lowest BCUT2D eigenvalue weighted by atomic mass is 9.99. The molecule has 22 heavy (non-hydrogen) atoms. The average molecular weight is 417 g/mol. The summed E-state index contributed by atoms with van der Waals surface area (Å²) in [7, 11) is 0. The fourth-order valence-corrected chi connectivity index (χ4v) is 3.26. The quantitative estimate of drug-likeness (QED) is 0.381. The van der Waals surface area contributed by atoms with Gasteiger partial charge in [-0.1, -0.05) is 35.3 Å². The van der Waals surface area contributed by atoms with Crippen molar-refractivity contribution in [2.45, 2.75) is 9.67 Å². The summed E-state index contributed by atoms with van der Waals surface area (Å²) in [6.45, 7) is 0. The molecule has 2 rings (SSSR count). The number of hydrogen-bond acceptors (Lipinski definition) is 1. The number of hydrogen-bond donors (Lipinski definition) is 0. The highest BCUT2D eigenvalue weighted by molar-refractivity contribution is 6.46. The highest BCUT2D eigenvalue weighted by Crippen LogP contribution is 2.36. The lowest BCUT2D eigenvalue weighted by Gasteiger charge is -2.13. The maximum absolute atomic E-state index is 12.5. The molecule has 2 aromatic rings. The Labute approximate surface area is 158 Å². The molecule has 0 atom stereocenters. The molecule has 0 radical (unpaired) electrons. The summed E-state index contributed by atoms with van der Waals surface area (Å²) in [5.41, 5.74) is 1.79. The van der Waals surface area contributed by atoms with Gasteiger partial charge in [0, 0.05) is 21.2 Å². The fraction of sp³-hybridized carbons (Fsp3) is 0.133. The normalized spacial score (nSPS) is 11.3. The molecule has 0 heterocycles. The molecule has 2 aromatic carbocycles. The third kappa shape index (κ3) is 4.23. The predicted octanol–water partition coefficient (Wildman–Crippen LogP) is 7.18. The van der Waals surface area contributed by atoms with Gasteiger partial charge in [-0.15, -0.1) is 46.4 Å². The van der Waals surface area contributed by atoms with Crippen molar-refractivity contribution in [3.63, 3.8) is 0 Å². The van der Waals surface area contributed by atoms with E-state index < -0.39 is 9.67 Å². The van der Waals surface area contributed by atoms with Crippen LogP contribution in [0, 0.1) is 0 Å². The van der Waals surface area contributed by atoms with Gasteiger partial charge < -0.3 is 0 Å². The minimum atomic E-state index is -0.856. The average Bonchev–Trinajstić information content (AvgIpc) is 2.44. The minimum Gasteiger partial charge on any atom is -0.289 e. The number of carbonyl (C=O) groups is 1. The van der Waals surface area contributed by atoms with Gasteiger partial charge in [-0.2, -0.15) is 0 Å². The first-order valence-electron chi connectivity index (χ1n) is 6.00. The number of carbonyl (C=O) groups excluding carboxylic acids is 1. The fourth-order valence-electron chi connectivity index (χ4n) is 1.96. The van der Waals surface area contributed by atoms with Crippen molar-refractivity contribution >= 4 is 75.4 Å².